The molecule has 2 aromatic heterocycles. The average molecular weight is 443 g/mol. The minimum absolute atomic E-state index is 0.0760. The normalized spacial score (nSPS) is 12.6. The molecule has 10 heteroatoms. The van der Waals surface area contributed by atoms with E-state index in [-0.39, 0.29) is 11.4 Å². The van der Waals surface area contributed by atoms with Crippen molar-refractivity contribution in [3.05, 3.63) is 41.9 Å². The average Bonchev–Trinajstić information content (AvgIpc) is 3.24. The number of aromatic nitrogens is 3. The summed E-state index contributed by atoms with van der Waals surface area (Å²) in [4.78, 5) is 2.74. The summed E-state index contributed by atoms with van der Waals surface area (Å²) in [5.41, 5.74) is -0.134. The lowest BCUT2D eigenvalue weighted by Crippen LogP contribution is -2.19. The van der Waals surface area contributed by atoms with Gasteiger partial charge in [-0.25, -0.2) is 8.42 Å². The topological polar surface area (TPSA) is 79.8 Å². The molecule has 2 heterocycles. The smallest absolute Gasteiger partial charge is 0.360 e. The van der Waals surface area contributed by atoms with Crippen molar-refractivity contribution in [2.45, 2.75) is 63.6 Å². The van der Waals surface area contributed by atoms with Crippen LogP contribution in [0.5, 0.6) is 0 Å². The lowest BCUT2D eigenvalue weighted by atomic mass is 10.1. The highest BCUT2D eigenvalue weighted by Crippen LogP contribution is 2.36. The SMILES string of the molecule is CCCCCCCn1ncc(NS(=O)(=O)c2c[nH]c3cc(C)ccc23)c1C(F)(F)F. The molecule has 164 valence electrons. The summed E-state index contributed by atoms with van der Waals surface area (Å²) in [5, 5.41) is 4.21. The number of benzene rings is 1. The zero-order valence-corrected chi connectivity index (χ0v) is 17.7. The van der Waals surface area contributed by atoms with Crippen LogP contribution in [-0.4, -0.2) is 23.2 Å². The summed E-state index contributed by atoms with van der Waals surface area (Å²) >= 11 is 0. The Labute approximate surface area is 173 Å². The highest BCUT2D eigenvalue weighted by Gasteiger charge is 2.39. The Bertz CT molecular complexity index is 1120. The molecule has 0 amide bonds. The number of rotatable bonds is 9. The molecule has 0 bridgehead atoms. The molecule has 1 aromatic carbocycles. The molecule has 0 aliphatic heterocycles. The van der Waals surface area contributed by atoms with Crippen LogP contribution in [0.2, 0.25) is 0 Å². The van der Waals surface area contributed by atoms with Crippen molar-refractivity contribution in [2.75, 3.05) is 4.72 Å². The zero-order chi connectivity index (χ0) is 21.9. The highest BCUT2D eigenvalue weighted by atomic mass is 32.2. The molecule has 30 heavy (non-hydrogen) atoms. The standard InChI is InChI=1S/C20H25F3N4O2S/c1-3-4-5-6-7-10-27-19(20(21,22)23)17(12-25-27)26-30(28,29)18-13-24-16-11-14(2)8-9-15(16)18/h8-9,11-13,24,26H,3-7,10H2,1-2H3. The number of aryl methyl sites for hydroxylation is 2. The number of unbranched alkanes of at least 4 members (excludes halogenated alkanes) is 4. The maximum absolute atomic E-state index is 13.7. The van der Waals surface area contributed by atoms with Gasteiger partial charge in [0.25, 0.3) is 10.0 Å². The van der Waals surface area contributed by atoms with Crippen LogP contribution in [0.3, 0.4) is 0 Å². The van der Waals surface area contributed by atoms with Gasteiger partial charge in [0.2, 0.25) is 0 Å². The maximum atomic E-state index is 13.7. The summed E-state index contributed by atoms with van der Waals surface area (Å²) < 4.78 is 69.7. The Morgan fingerprint density at radius 1 is 1.17 bits per heavy atom. The van der Waals surface area contributed by atoms with Gasteiger partial charge in [-0.2, -0.15) is 18.3 Å². The first-order chi connectivity index (χ1) is 14.1. The first kappa shape index (κ1) is 22.2. The van der Waals surface area contributed by atoms with Crippen LogP contribution in [0.1, 0.15) is 50.3 Å². The van der Waals surface area contributed by atoms with Crippen molar-refractivity contribution < 1.29 is 21.6 Å². The summed E-state index contributed by atoms with van der Waals surface area (Å²) in [6.45, 7) is 3.99. The minimum Gasteiger partial charge on any atom is -0.360 e. The lowest BCUT2D eigenvalue weighted by molar-refractivity contribution is -0.143. The summed E-state index contributed by atoms with van der Waals surface area (Å²) in [6.07, 6.45) is 1.80. The van der Waals surface area contributed by atoms with E-state index >= 15 is 0 Å². The summed E-state index contributed by atoms with van der Waals surface area (Å²) in [7, 11) is -4.25. The molecular weight excluding hydrogens is 417 g/mol. The lowest BCUT2D eigenvalue weighted by Gasteiger charge is -2.14. The van der Waals surface area contributed by atoms with Gasteiger partial charge in [0, 0.05) is 23.6 Å². The molecule has 0 saturated heterocycles. The van der Waals surface area contributed by atoms with Gasteiger partial charge in [-0.3, -0.25) is 9.40 Å². The fourth-order valence-corrected chi connectivity index (χ4v) is 4.66. The van der Waals surface area contributed by atoms with Gasteiger partial charge in [-0.05, 0) is 25.0 Å². The number of fused-ring (bicyclic) bond motifs is 1. The zero-order valence-electron chi connectivity index (χ0n) is 16.9. The molecule has 0 atom stereocenters. The highest BCUT2D eigenvalue weighted by molar-refractivity contribution is 7.93. The largest absolute Gasteiger partial charge is 0.435 e. The Hall–Kier alpha value is -2.49. The van der Waals surface area contributed by atoms with Crippen LogP contribution < -0.4 is 4.72 Å². The van der Waals surface area contributed by atoms with Crippen LogP contribution in [0.4, 0.5) is 18.9 Å². The molecule has 0 fully saturated rings. The second-order valence-corrected chi connectivity index (χ2v) is 9.00. The first-order valence-electron chi connectivity index (χ1n) is 9.87. The Kier molecular flexibility index (Phi) is 6.44. The number of alkyl halides is 3. The number of aromatic amines is 1. The Balaban J connectivity index is 1.87. The Morgan fingerprint density at radius 3 is 2.60 bits per heavy atom. The number of halogens is 3. The van der Waals surface area contributed by atoms with E-state index in [9.17, 15) is 21.6 Å². The van der Waals surface area contributed by atoms with E-state index < -0.39 is 27.6 Å². The van der Waals surface area contributed by atoms with E-state index in [0.29, 0.717) is 17.3 Å². The third kappa shape index (κ3) is 4.80. The van der Waals surface area contributed by atoms with Gasteiger partial charge < -0.3 is 4.98 Å². The third-order valence-corrected chi connectivity index (χ3v) is 6.32. The van der Waals surface area contributed by atoms with Crippen LogP contribution in [0.15, 0.2) is 35.5 Å². The number of nitrogens with one attached hydrogen (secondary N) is 2. The predicted molar refractivity (Wildman–Crippen MR) is 110 cm³/mol. The quantitative estimate of drug-likeness (QED) is 0.432. The Morgan fingerprint density at radius 2 is 1.90 bits per heavy atom. The number of H-pyrrole nitrogens is 1. The van der Waals surface area contributed by atoms with Gasteiger partial charge >= 0.3 is 6.18 Å². The van der Waals surface area contributed by atoms with E-state index in [0.717, 1.165) is 42.1 Å². The molecular formula is C20H25F3N4O2S. The van der Waals surface area contributed by atoms with Gasteiger partial charge in [0.15, 0.2) is 5.69 Å². The van der Waals surface area contributed by atoms with Gasteiger partial charge in [0.1, 0.15) is 4.90 Å². The molecule has 0 saturated carbocycles. The van der Waals surface area contributed by atoms with Crippen molar-refractivity contribution in [3.8, 4) is 0 Å². The fourth-order valence-electron chi connectivity index (χ4n) is 3.43. The second-order valence-electron chi connectivity index (χ2n) is 7.35. The van der Waals surface area contributed by atoms with Gasteiger partial charge in [-0.1, -0.05) is 44.7 Å². The van der Waals surface area contributed by atoms with Crippen molar-refractivity contribution in [3.63, 3.8) is 0 Å². The fraction of sp³-hybridized carbons (Fsp3) is 0.450. The van der Waals surface area contributed by atoms with Crippen LogP contribution in [-0.2, 0) is 22.7 Å². The number of nitrogens with zero attached hydrogens (tertiary/aromatic N) is 2. The van der Waals surface area contributed by atoms with E-state index in [2.05, 4.69) is 21.7 Å². The van der Waals surface area contributed by atoms with Crippen molar-refractivity contribution in [2.24, 2.45) is 0 Å². The third-order valence-electron chi connectivity index (χ3n) is 4.91. The molecule has 0 radical (unpaired) electrons. The maximum Gasteiger partial charge on any atom is 0.435 e. The van der Waals surface area contributed by atoms with Gasteiger partial charge in [0.05, 0.1) is 11.9 Å². The van der Waals surface area contributed by atoms with E-state index in [4.69, 9.17) is 0 Å². The second kappa shape index (κ2) is 8.71. The van der Waals surface area contributed by atoms with E-state index in [1.165, 1.54) is 6.20 Å². The molecule has 3 aromatic rings. The molecule has 0 spiro atoms. The molecule has 2 N–H and O–H groups in total. The number of anilines is 1. The van der Waals surface area contributed by atoms with Gasteiger partial charge in [-0.15, -0.1) is 0 Å². The van der Waals surface area contributed by atoms with Crippen LogP contribution in [0, 0.1) is 6.92 Å². The minimum atomic E-state index is -4.74. The van der Waals surface area contributed by atoms with Crippen LogP contribution in [0.25, 0.3) is 10.9 Å². The summed E-state index contributed by atoms with van der Waals surface area (Å²) in [6, 6.07) is 5.14. The number of sulfonamides is 1. The monoisotopic (exact) mass is 442 g/mol. The number of hydrogen-bond donors (Lipinski definition) is 2. The van der Waals surface area contributed by atoms with E-state index in [1.807, 2.05) is 6.92 Å². The molecule has 0 unspecified atom stereocenters. The first-order valence-corrected chi connectivity index (χ1v) is 11.4. The molecule has 0 aliphatic carbocycles. The molecule has 0 aliphatic rings. The molecule has 3 rings (SSSR count). The van der Waals surface area contributed by atoms with Crippen LogP contribution >= 0.6 is 0 Å². The van der Waals surface area contributed by atoms with E-state index in [1.54, 1.807) is 18.2 Å². The number of hydrogen-bond acceptors (Lipinski definition) is 3. The van der Waals surface area contributed by atoms with Crippen molar-refractivity contribution >= 4 is 26.6 Å². The predicted octanol–water partition coefficient (Wildman–Crippen LogP) is 5.46. The van der Waals surface area contributed by atoms with Crippen molar-refractivity contribution in [1.82, 2.24) is 14.8 Å². The van der Waals surface area contributed by atoms with Crippen molar-refractivity contribution in [1.29, 1.82) is 0 Å². The molecule has 6 nitrogen and oxygen atoms in total. The summed E-state index contributed by atoms with van der Waals surface area (Å²) in [5.74, 6) is 0.